The molecule has 0 saturated carbocycles. The molecular formula is C14H15F2N3O4S3. The number of alkyl halides is 2. The lowest BCUT2D eigenvalue weighted by molar-refractivity contribution is -0.113. The quantitative estimate of drug-likeness (QED) is 0.652. The summed E-state index contributed by atoms with van der Waals surface area (Å²) >= 11 is 2.23. The molecule has 2 aromatic rings. The van der Waals surface area contributed by atoms with E-state index in [2.05, 4.69) is 15.5 Å². The second-order valence-corrected chi connectivity index (χ2v) is 9.19. The van der Waals surface area contributed by atoms with E-state index in [1.807, 2.05) is 13.8 Å². The standard InChI is InChI=1S/C14H15F2N3O4S3/c1-8(2)23-13-18-19-14(25-13)24-7-11(20)17-9-5-3-4-6-10(9)26(21,22)12(15)16/h3-6,8,12H,7H2,1-2H3,(H,17,20). The predicted octanol–water partition coefficient (Wildman–Crippen LogP) is 3.05. The maximum absolute atomic E-state index is 12.7. The zero-order valence-corrected chi connectivity index (χ0v) is 16.1. The molecule has 1 amide bonds. The molecule has 0 aliphatic rings. The highest BCUT2D eigenvalue weighted by Crippen LogP contribution is 2.29. The fourth-order valence-electron chi connectivity index (χ4n) is 1.73. The number of halogens is 2. The summed E-state index contributed by atoms with van der Waals surface area (Å²) in [5.74, 6) is -4.23. The molecule has 1 heterocycles. The van der Waals surface area contributed by atoms with Crippen molar-refractivity contribution < 1.29 is 26.7 Å². The number of thioether (sulfide) groups is 1. The molecule has 0 aliphatic heterocycles. The van der Waals surface area contributed by atoms with Crippen LogP contribution in [-0.2, 0) is 14.6 Å². The van der Waals surface area contributed by atoms with E-state index in [1.54, 1.807) is 0 Å². The van der Waals surface area contributed by atoms with Gasteiger partial charge in [-0.25, -0.2) is 8.42 Å². The Bertz CT molecular complexity index is 872. The Hall–Kier alpha value is -1.79. The Morgan fingerprint density at radius 2 is 2.00 bits per heavy atom. The third-order valence-electron chi connectivity index (χ3n) is 2.75. The molecule has 0 aliphatic carbocycles. The van der Waals surface area contributed by atoms with Crippen molar-refractivity contribution in [2.45, 2.75) is 34.9 Å². The van der Waals surface area contributed by atoms with Gasteiger partial charge in [-0.05, 0) is 37.3 Å². The lowest BCUT2D eigenvalue weighted by atomic mass is 10.3. The van der Waals surface area contributed by atoms with Gasteiger partial charge in [-0.3, -0.25) is 4.79 Å². The number of hydrogen-bond donors (Lipinski definition) is 1. The van der Waals surface area contributed by atoms with Crippen LogP contribution in [0.5, 0.6) is 5.19 Å². The molecule has 0 atom stereocenters. The average molecular weight is 423 g/mol. The van der Waals surface area contributed by atoms with Crippen molar-refractivity contribution in [2.24, 2.45) is 0 Å². The number of nitrogens with one attached hydrogen (secondary N) is 1. The van der Waals surface area contributed by atoms with Gasteiger partial charge in [0.25, 0.3) is 5.19 Å². The number of carbonyl (C=O) groups is 1. The maximum Gasteiger partial charge on any atom is 0.341 e. The van der Waals surface area contributed by atoms with Gasteiger partial charge in [0, 0.05) is 0 Å². The fraction of sp³-hybridized carbons (Fsp3) is 0.357. The smallest absolute Gasteiger partial charge is 0.341 e. The van der Waals surface area contributed by atoms with Crippen molar-refractivity contribution >= 4 is 44.5 Å². The number of benzene rings is 1. The second kappa shape index (κ2) is 8.73. The Morgan fingerprint density at radius 1 is 1.31 bits per heavy atom. The molecule has 12 heteroatoms. The molecule has 0 spiro atoms. The lowest BCUT2D eigenvalue weighted by Crippen LogP contribution is -2.18. The van der Waals surface area contributed by atoms with Gasteiger partial charge in [-0.15, -0.1) is 5.10 Å². The van der Waals surface area contributed by atoms with Gasteiger partial charge in [0.1, 0.15) is 0 Å². The van der Waals surface area contributed by atoms with Crippen LogP contribution < -0.4 is 10.1 Å². The zero-order valence-electron chi connectivity index (χ0n) is 13.7. The number of aromatic nitrogens is 2. The molecule has 1 aromatic heterocycles. The van der Waals surface area contributed by atoms with Crippen LogP contribution in [0, 0.1) is 0 Å². The van der Waals surface area contributed by atoms with Crippen LogP contribution in [0.4, 0.5) is 14.5 Å². The van der Waals surface area contributed by atoms with E-state index in [9.17, 15) is 22.0 Å². The monoisotopic (exact) mass is 423 g/mol. The van der Waals surface area contributed by atoms with E-state index in [-0.39, 0.29) is 17.5 Å². The van der Waals surface area contributed by atoms with Crippen molar-refractivity contribution in [1.82, 2.24) is 10.2 Å². The van der Waals surface area contributed by atoms with E-state index < -0.39 is 26.4 Å². The highest BCUT2D eigenvalue weighted by Gasteiger charge is 2.29. The molecule has 142 valence electrons. The Balaban J connectivity index is 2.02. The number of hydrogen-bond acceptors (Lipinski definition) is 8. The first-order valence-electron chi connectivity index (χ1n) is 7.24. The molecule has 1 N–H and O–H groups in total. The van der Waals surface area contributed by atoms with Crippen molar-refractivity contribution in [1.29, 1.82) is 0 Å². The second-order valence-electron chi connectivity index (χ2n) is 5.14. The average Bonchev–Trinajstić information content (AvgIpc) is 3.00. The van der Waals surface area contributed by atoms with Crippen LogP contribution in [0.1, 0.15) is 13.8 Å². The van der Waals surface area contributed by atoms with Gasteiger partial charge >= 0.3 is 5.76 Å². The summed E-state index contributed by atoms with van der Waals surface area (Å²) in [7, 11) is -4.82. The number of para-hydroxylation sites is 1. The summed E-state index contributed by atoms with van der Waals surface area (Å²) in [5, 5.41) is 10.4. The predicted molar refractivity (Wildman–Crippen MR) is 94.7 cm³/mol. The fourth-order valence-corrected chi connectivity index (χ4v) is 4.22. The van der Waals surface area contributed by atoms with Crippen molar-refractivity contribution in [3.05, 3.63) is 24.3 Å². The van der Waals surface area contributed by atoms with Crippen molar-refractivity contribution in [3.8, 4) is 5.19 Å². The normalized spacial score (nSPS) is 11.8. The minimum atomic E-state index is -4.82. The minimum absolute atomic E-state index is 0.0580. The van der Waals surface area contributed by atoms with Crippen LogP contribution >= 0.6 is 23.1 Å². The minimum Gasteiger partial charge on any atom is -0.466 e. The largest absolute Gasteiger partial charge is 0.466 e. The van der Waals surface area contributed by atoms with Crippen LogP contribution in [0.3, 0.4) is 0 Å². The van der Waals surface area contributed by atoms with Crippen LogP contribution in [0.15, 0.2) is 33.5 Å². The number of ether oxygens (including phenoxy) is 1. The van der Waals surface area contributed by atoms with Crippen LogP contribution in [-0.4, -0.2) is 42.1 Å². The van der Waals surface area contributed by atoms with E-state index >= 15 is 0 Å². The van der Waals surface area contributed by atoms with Gasteiger partial charge in [-0.1, -0.05) is 29.0 Å². The third kappa shape index (κ3) is 5.35. The highest BCUT2D eigenvalue weighted by atomic mass is 32.2. The number of anilines is 1. The summed E-state index contributed by atoms with van der Waals surface area (Å²) in [5.41, 5.74) is -0.195. The molecule has 0 fully saturated rings. The van der Waals surface area contributed by atoms with Crippen molar-refractivity contribution in [3.63, 3.8) is 0 Å². The molecule has 7 nitrogen and oxygen atoms in total. The molecule has 0 radical (unpaired) electrons. The number of amides is 1. The molecule has 0 saturated heterocycles. The summed E-state index contributed by atoms with van der Waals surface area (Å²) in [6.45, 7) is 3.68. The van der Waals surface area contributed by atoms with Gasteiger partial charge < -0.3 is 10.1 Å². The van der Waals surface area contributed by atoms with Gasteiger partial charge in [0.15, 0.2) is 4.34 Å². The molecule has 26 heavy (non-hydrogen) atoms. The van der Waals surface area contributed by atoms with Crippen LogP contribution in [0.25, 0.3) is 0 Å². The molecular weight excluding hydrogens is 408 g/mol. The molecule has 2 rings (SSSR count). The van der Waals surface area contributed by atoms with E-state index in [4.69, 9.17) is 4.74 Å². The van der Waals surface area contributed by atoms with Gasteiger partial charge in [0.2, 0.25) is 15.7 Å². The summed E-state index contributed by atoms with van der Waals surface area (Å²) < 4.78 is 54.7. The number of sulfone groups is 1. The SMILES string of the molecule is CC(C)Oc1nnc(SCC(=O)Nc2ccccc2S(=O)(=O)C(F)F)s1. The maximum atomic E-state index is 12.7. The zero-order chi connectivity index (χ0) is 19.3. The Morgan fingerprint density at radius 3 is 2.65 bits per heavy atom. The first-order chi connectivity index (χ1) is 12.2. The number of rotatable bonds is 8. The van der Waals surface area contributed by atoms with Gasteiger partial charge in [-0.2, -0.15) is 8.78 Å². The van der Waals surface area contributed by atoms with Crippen LogP contribution in [0.2, 0.25) is 0 Å². The van der Waals surface area contributed by atoms with Gasteiger partial charge in [0.05, 0.1) is 22.4 Å². The topological polar surface area (TPSA) is 98.2 Å². The summed E-state index contributed by atoms with van der Waals surface area (Å²) in [6, 6.07) is 5.01. The Labute approximate surface area is 157 Å². The highest BCUT2D eigenvalue weighted by molar-refractivity contribution is 8.01. The van der Waals surface area contributed by atoms with E-state index in [0.717, 1.165) is 29.2 Å². The number of nitrogens with zero attached hydrogens (tertiary/aromatic N) is 2. The van der Waals surface area contributed by atoms with E-state index in [1.165, 1.54) is 18.2 Å². The third-order valence-corrected chi connectivity index (χ3v) is 6.14. The first kappa shape index (κ1) is 20.5. The van der Waals surface area contributed by atoms with Crippen molar-refractivity contribution in [2.75, 3.05) is 11.1 Å². The number of carbonyl (C=O) groups excluding carboxylic acids is 1. The Kier molecular flexibility index (Phi) is 6.89. The molecule has 0 bridgehead atoms. The summed E-state index contributed by atoms with van der Waals surface area (Å²) in [6.07, 6.45) is -0.0580. The summed E-state index contributed by atoms with van der Waals surface area (Å²) in [4.78, 5) is 11.4. The molecule has 0 unspecified atom stereocenters. The van der Waals surface area contributed by atoms with E-state index in [0.29, 0.717) is 9.53 Å². The lowest BCUT2D eigenvalue weighted by Gasteiger charge is -2.10. The first-order valence-corrected chi connectivity index (χ1v) is 10.6. The molecule has 1 aromatic carbocycles.